The SMILES string of the molecule is COc1ccc(C(=O)NCC(O)c2ccc3c(c2)CCN3C)cc1F. The molecule has 25 heavy (non-hydrogen) atoms. The van der Waals surface area contributed by atoms with Crippen LogP contribution in [0.5, 0.6) is 5.75 Å². The first-order valence-electron chi connectivity index (χ1n) is 8.13. The van der Waals surface area contributed by atoms with Gasteiger partial charge in [-0.1, -0.05) is 12.1 Å². The summed E-state index contributed by atoms with van der Waals surface area (Å²) in [5.74, 6) is -0.959. The summed E-state index contributed by atoms with van der Waals surface area (Å²) in [6, 6.07) is 9.83. The quantitative estimate of drug-likeness (QED) is 0.874. The Morgan fingerprint density at radius 2 is 2.16 bits per heavy atom. The molecule has 1 heterocycles. The Bertz CT molecular complexity index is 794. The highest BCUT2D eigenvalue weighted by atomic mass is 19.1. The zero-order valence-corrected chi connectivity index (χ0v) is 14.3. The van der Waals surface area contributed by atoms with E-state index in [-0.39, 0.29) is 17.9 Å². The van der Waals surface area contributed by atoms with E-state index in [9.17, 15) is 14.3 Å². The van der Waals surface area contributed by atoms with E-state index in [0.29, 0.717) is 0 Å². The van der Waals surface area contributed by atoms with Crippen LogP contribution in [-0.4, -0.2) is 38.3 Å². The fraction of sp³-hybridized carbons (Fsp3) is 0.316. The molecular formula is C19H21FN2O3. The number of likely N-dealkylation sites (N-methyl/N-ethyl adjacent to an activating group) is 1. The van der Waals surface area contributed by atoms with Crippen LogP contribution in [-0.2, 0) is 6.42 Å². The summed E-state index contributed by atoms with van der Waals surface area (Å²) in [6.45, 7) is 1.02. The van der Waals surface area contributed by atoms with Gasteiger partial charge in [-0.05, 0) is 41.8 Å². The average molecular weight is 344 g/mol. The number of aliphatic hydroxyl groups excluding tert-OH is 1. The van der Waals surface area contributed by atoms with Crippen molar-refractivity contribution in [3.05, 3.63) is 58.9 Å². The van der Waals surface area contributed by atoms with Gasteiger partial charge < -0.3 is 20.1 Å². The molecule has 0 aromatic heterocycles. The maximum Gasteiger partial charge on any atom is 0.251 e. The van der Waals surface area contributed by atoms with E-state index in [1.54, 1.807) is 0 Å². The molecule has 0 fully saturated rings. The average Bonchev–Trinajstić information content (AvgIpc) is 2.99. The molecular weight excluding hydrogens is 323 g/mol. The Morgan fingerprint density at radius 1 is 1.36 bits per heavy atom. The third-order valence-electron chi connectivity index (χ3n) is 4.49. The number of rotatable bonds is 5. The molecule has 3 rings (SSSR count). The summed E-state index contributed by atoms with van der Waals surface area (Å²) < 4.78 is 18.5. The summed E-state index contributed by atoms with van der Waals surface area (Å²) in [5.41, 5.74) is 3.31. The molecule has 0 saturated carbocycles. The van der Waals surface area contributed by atoms with Gasteiger partial charge in [-0.2, -0.15) is 0 Å². The highest BCUT2D eigenvalue weighted by Gasteiger charge is 2.18. The minimum absolute atomic E-state index is 0.0567. The molecule has 1 amide bonds. The zero-order valence-electron chi connectivity index (χ0n) is 14.3. The first-order valence-corrected chi connectivity index (χ1v) is 8.13. The Kier molecular flexibility index (Phi) is 4.90. The minimum atomic E-state index is -0.816. The number of fused-ring (bicyclic) bond motifs is 1. The number of carbonyl (C=O) groups excluding carboxylic acids is 1. The molecule has 0 aliphatic carbocycles. The maximum atomic E-state index is 13.7. The number of amides is 1. The van der Waals surface area contributed by atoms with Crippen LogP contribution in [0, 0.1) is 5.82 Å². The molecule has 2 N–H and O–H groups in total. The maximum absolute atomic E-state index is 13.7. The molecule has 1 aliphatic heterocycles. The van der Waals surface area contributed by atoms with Gasteiger partial charge in [-0.25, -0.2) is 4.39 Å². The largest absolute Gasteiger partial charge is 0.494 e. The highest BCUT2D eigenvalue weighted by Crippen LogP contribution is 2.29. The summed E-state index contributed by atoms with van der Waals surface area (Å²) >= 11 is 0. The van der Waals surface area contributed by atoms with Crippen molar-refractivity contribution < 1.29 is 19.0 Å². The van der Waals surface area contributed by atoms with E-state index in [1.165, 1.54) is 30.5 Å². The molecule has 2 aromatic carbocycles. The van der Waals surface area contributed by atoms with Gasteiger partial charge in [-0.3, -0.25) is 4.79 Å². The lowest BCUT2D eigenvalue weighted by Crippen LogP contribution is -2.28. The Morgan fingerprint density at radius 3 is 2.88 bits per heavy atom. The van der Waals surface area contributed by atoms with E-state index in [2.05, 4.69) is 10.2 Å². The predicted octanol–water partition coefficient (Wildman–Crippen LogP) is 2.29. The number of ether oxygens (including phenoxy) is 1. The van der Waals surface area contributed by atoms with E-state index in [4.69, 9.17) is 4.74 Å². The molecule has 1 aliphatic rings. The molecule has 0 bridgehead atoms. The van der Waals surface area contributed by atoms with Crippen LogP contribution in [0.2, 0.25) is 0 Å². The number of benzene rings is 2. The van der Waals surface area contributed by atoms with E-state index < -0.39 is 17.8 Å². The molecule has 0 spiro atoms. The summed E-state index contributed by atoms with van der Waals surface area (Å²) in [5, 5.41) is 13.0. The van der Waals surface area contributed by atoms with Crippen LogP contribution in [0.1, 0.15) is 27.6 Å². The van der Waals surface area contributed by atoms with Crippen molar-refractivity contribution >= 4 is 11.6 Å². The van der Waals surface area contributed by atoms with Crippen molar-refractivity contribution in [1.82, 2.24) is 5.32 Å². The summed E-state index contributed by atoms with van der Waals surface area (Å²) in [7, 11) is 3.40. The van der Waals surface area contributed by atoms with Crippen molar-refractivity contribution in [3.8, 4) is 5.75 Å². The lowest BCUT2D eigenvalue weighted by molar-refractivity contribution is 0.0916. The molecule has 0 radical (unpaired) electrons. The van der Waals surface area contributed by atoms with E-state index in [1.807, 2.05) is 25.2 Å². The Labute approximate surface area is 146 Å². The number of anilines is 1. The molecule has 2 aromatic rings. The van der Waals surface area contributed by atoms with Gasteiger partial charge in [0.05, 0.1) is 13.2 Å². The van der Waals surface area contributed by atoms with Gasteiger partial charge in [-0.15, -0.1) is 0 Å². The Balaban J connectivity index is 1.63. The van der Waals surface area contributed by atoms with Crippen molar-refractivity contribution in [2.45, 2.75) is 12.5 Å². The van der Waals surface area contributed by atoms with E-state index >= 15 is 0 Å². The van der Waals surface area contributed by atoms with Crippen molar-refractivity contribution in [1.29, 1.82) is 0 Å². The van der Waals surface area contributed by atoms with Gasteiger partial charge in [0.2, 0.25) is 0 Å². The number of carbonyl (C=O) groups is 1. The van der Waals surface area contributed by atoms with Crippen LogP contribution >= 0.6 is 0 Å². The fourth-order valence-corrected chi connectivity index (χ4v) is 3.01. The number of methoxy groups -OCH3 is 1. The number of hydrogen-bond donors (Lipinski definition) is 2. The Hall–Kier alpha value is -2.60. The van der Waals surface area contributed by atoms with Crippen LogP contribution in [0.3, 0.4) is 0 Å². The van der Waals surface area contributed by atoms with Gasteiger partial charge in [0, 0.05) is 31.4 Å². The van der Waals surface area contributed by atoms with Gasteiger partial charge in [0.15, 0.2) is 11.6 Å². The van der Waals surface area contributed by atoms with E-state index in [0.717, 1.165) is 24.6 Å². The highest BCUT2D eigenvalue weighted by molar-refractivity contribution is 5.94. The second kappa shape index (κ2) is 7.11. The van der Waals surface area contributed by atoms with Crippen molar-refractivity contribution in [3.63, 3.8) is 0 Å². The molecule has 0 saturated heterocycles. The van der Waals surface area contributed by atoms with Crippen LogP contribution < -0.4 is 15.0 Å². The molecule has 1 atom stereocenters. The monoisotopic (exact) mass is 344 g/mol. The first kappa shape index (κ1) is 17.2. The summed E-state index contributed by atoms with van der Waals surface area (Å²) in [6.07, 6.45) is 0.132. The normalized spacial score (nSPS) is 14.2. The predicted molar refractivity (Wildman–Crippen MR) is 93.7 cm³/mol. The van der Waals surface area contributed by atoms with Crippen LogP contribution in [0.25, 0.3) is 0 Å². The van der Waals surface area contributed by atoms with Gasteiger partial charge in [0.25, 0.3) is 5.91 Å². The van der Waals surface area contributed by atoms with Gasteiger partial charge >= 0.3 is 0 Å². The van der Waals surface area contributed by atoms with Crippen molar-refractivity contribution in [2.24, 2.45) is 0 Å². The second-order valence-electron chi connectivity index (χ2n) is 6.13. The fourth-order valence-electron chi connectivity index (χ4n) is 3.01. The second-order valence-corrected chi connectivity index (χ2v) is 6.13. The number of aliphatic hydroxyl groups is 1. The third-order valence-corrected chi connectivity index (χ3v) is 4.49. The molecule has 5 nitrogen and oxygen atoms in total. The third kappa shape index (κ3) is 3.58. The van der Waals surface area contributed by atoms with Gasteiger partial charge in [0.1, 0.15) is 0 Å². The molecule has 6 heteroatoms. The lowest BCUT2D eigenvalue weighted by Gasteiger charge is -2.15. The van der Waals surface area contributed by atoms with Crippen LogP contribution in [0.15, 0.2) is 36.4 Å². The lowest BCUT2D eigenvalue weighted by atomic mass is 10.0. The topological polar surface area (TPSA) is 61.8 Å². The number of hydrogen-bond acceptors (Lipinski definition) is 4. The summed E-state index contributed by atoms with van der Waals surface area (Å²) in [4.78, 5) is 14.3. The number of nitrogens with zero attached hydrogens (tertiary/aromatic N) is 1. The zero-order chi connectivity index (χ0) is 18.0. The minimum Gasteiger partial charge on any atom is -0.494 e. The molecule has 1 unspecified atom stereocenters. The number of nitrogens with one attached hydrogen (secondary N) is 1. The first-order chi connectivity index (χ1) is 12.0. The van der Waals surface area contributed by atoms with Crippen LogP contribution in [0.4, 0.5) is 10.1 Å². The van der Waals surface area contributed by atoms with Crippen molar-refractivity contribution in [2.75, 3.05) is 32.1 Å². The molecule has 132 valence electrons. The number of halogens is 1. The smallest absolute Gasteiger partial charge is 0.251 e. The standard InChI is InChI=1S/C19H21FN2O3/c1-22-8-7-12-9-13(3-5-16(12)22)17(23)11-21-19(24)14-4-6-18(25-2)15(20)10-14/h3-6,9-10,17,23H,7-8,11H2,1-2H3,(H,21,24).